The summed E-state index contributed by atoms with van der Waals surface area (Å²) in [6, 6.07) is 11.6. The number of anilines is 2. The van der Waals surface area contributed by atoms with Gasteiger partial charge in [0.1, 0.15) is 29.4 Å². The van der Waals surface area contributed by atoms with Crippen LogP contribution in [0, 0.1) is 0 Å². The minimum atomic E-state index is -4.64. The lowest BCUT2D eigenvalue weighted by Crippen LogP contribution is -2.50. The summed E-state index contributed by atoms with van der Waals surface area (Å²) in [6.07, 6.45) is -6.96. The average Bonchev–Trinajstić information content (AvgIpc) is 3.24. The molecular formula is C37H44Br4ClF3N6O9. The monoisotopic (exact) mass is 1120 g/mol. The second kappa shape index (κ2) is 27.1. The van der Waals surface area contributed by atoms with Crippen molar-refractivity contribution in [2.45, 2.75) is 43.4 Å². The third kappa shape index (κ3) is 18.1. The highest BCUT2D eigenvalue weighted by Crippen LogP contribution is 2.36. The number of pyridine rings is 1. The molecule has 4 rings (SSSR count). The number of ether oxygens (including phenoxy) is 1. The molecule has 1 aliphatic heterocycles. The maximum absolute atomic E-state index is 12.9. The van der Waals surface area contributed by atoms with Crippen LogP contribution in [-0.4, -0.2) is 138 Å². The molecule has 2 aromatic carbocycles. The third-order valence-corrected chi connectivity index (χ3v) is 10.6. The van der Waals surface area contributed by atoms with Crippen LogP contribution in [0.2, 0.25) is 5.02 Å². The van der Waals surface area contributed by atoms with Crippen molar-refractivity contribution in [1.82, 2.24) is 20.1 Å². The Labute approximate surface area is 382 Å². The van der Waals surface area contributed by atoms with E-state index in [-0.39, 0.29) is 39.8 Å². The Kier molecular flexibility index (Phi) is 23.9. The molecule has 4 atom stereocenters. The smallest absolute Gasteiger partial charge is 0.417 e. The molecule has 332 valence electrons. The number of rotatable bonds is 14. The molecule has 60 heavy (non-hydrogen) atoms. The van der Waals surface area contributed by atoms with E-state index in [1.807, 2.05) is 9.80 Å². The fourth-order valence-corrected chi connectivity index (χ4v) is 6.57. The van der Waals surface area contributed by atoms with Crippen LogP contribution in [0.15, 0.2) is 60.8 Å². The molecule has 0 spiro atoms. The van der Waals surface area contributed by atoms with Gasteiger partial charge < -0.3 is 50.9 Å². The first-order valence-corrected chi connectivity index (χ1v) is 22.7. The fourth-order valence-electron chi connectivity index (χ4n) is 4.90. The number of nitrogens with one attached hydrogen (secondary N) is 3. The molecule has 2 heterocycles. The van der Waals surface area contributed by atoms with Crippen LogP contribution in [0.1, 0.15) is 28.9 Å². The Bertz CT molecular complexity index is 1790. The molecule has 7 N–H and O–H groups in total. The first-order valence-electron chi connectivity index (χ1n) is 17.8. The van der Waals surface area contributed by atoms with E-state index in [1.165, 1.54) is 25.4 Å². The number of alkyl halides is 7. The predicted octanol–water partition coefficient (Wildman–Crippen LogP) is 6.00. The summed E-state index contributed by atoms with van der Waals surface area (Å²) in [4.78, 5) is 54.5. The van der Waals surface area contributed by atoms with Gasteiger partial charge in [-0.25, -0.2) is 4.79 Å². The lowest BCUT2D eigenvalue weighted by Gasteiger charge is -2.34. The van der Waals surface area contributed by atoms with Crippen LogP contribution in [0.4, 0.5) is 29.3 Å². The number of benzene rings is 2. The zero-order valence-electron chi connectivity index (χ0n) is 31.8. The Hall–Kier alpha value is -3.09. The van der Waals surface area contributed by atoms with Crippen molar-refractivity contribution in [3.63, 3.8) is 0 Å². The third-order valence-electron chi connectivity index (χ3n) is 8.12. The van der Waals surface area contributed by atoms with Gasteiger partial charge in [0.25, 0.3) is 5.91 Å². The number of hydrogen-bond acceptors (Lipinski definition) is 10. The molecule has 0 saturated carbocycles. The van der Waals surface area contributed by atoms with E-state index in [0.717, 1.165) is 12.1 Å². The molecule has 15 nitrogen and oxygen atoms in total. The maximum Gasteiger partial charge on any atom is 0.417 e. The zero-order chi connectivity index (χ0) is 45.0. The summed E-state index contributed by atoms with van der Waals surface area (Å²) in [5.74, 6) is 0.802. The lowest BCUT2D eigenvalue weighted by molar-refractivity contribution is -0.139. The van der Waals surface area contributed by atoms with Crippen molar-refractivity contribution < 1.29 is 57.5 Å². The van der Waals surface area contributed by atoms with Gasteiger partial charge in [0.2, 0.25) is 11.8 Å². The second-order valence-electron chi connectivity index (χ2n) is 12.4. The number of amides is 5. The zero-order valence-corrected chi connectivity index (χ0v) is 38.9. The summed E-state index contributed by atoms with van der Waals surface area (Å²) in [5, 5.41) is 45.0. The van der Waals surface area contributed by atoms with Crippen LogP contribution in [-0.2, 0) is 15.8 Å². The van der Waals surface area contributed by atoms with E-state index in [0.29, 0.717) is 66.9 Å². The highest BCUT2D eigenvalue weighted by molar-refractivity contribution is 9.09. The summed E-state index contributed by atoms with van der Waals surface area (Å²) in [5.41, 5.74) is -0.547. The summed E-state index contributed by atoms with van der Waals surface area (Å²) in [6.45, 7) is 2.67. The predicted molar refractivity (Wildman–Crippen MR) is 235 cm³/mol. The van der Waals surface area contributed by atoms with Crippen molar-refractivity contribution in [2.24, 2.45) is 0 Å². The Morgan fingerprint density at radius 2 is 1.25 bits per heavy atom. The van der Waals surface area contributed by atoms with Crippen molar-refractivity contribution in [2.75, 3.05) is 65.2 Å². The lowest BCUT2D eigenvalue weighted by atomic mass is 10.1. The fraction of sp³-hybridized carbons (Fsp3) is 0.432. The minimum Gasteiger partial charge on any atom is -0.457 e. The van der Waals surface area contributed by atoms with Crippen LogP contribution >= 0.6 is 75.3 Å². The number of aromatic nitrogens is 1. The number of hydrogen-bond donors (Lipinski definition) is 7. The van der Waals surface area contributed by atoms with Crippen molar-refractivity contribution in [3.8, 4) is 11.5 Å². The van der Waals surface area contributed by atoms with Crippen molar-refractivity contribution in [1.29, 1.82) is 0 Å². The molecule has 1 aromatic heterocycles. The molecule has 23 heteroatoms. The molecular weight excluding hydrogens is 1080 g/mol. The van der Waals surface area contributed by atoms with Gasteiger partial charge >= 0.3 is 12.2 Å². The number of urea groups is 1. The number of nitrogens with zero attached hydrogens (tertiary/aromatic N) is 3. The van der Waals surface area contributed by atoms with Gasteiger partial charge in [-0.15, -0.1) is 0 Å². The molecule has 1 saturated heterocycles. The van der Waals surface area contributed by atoms with E-state index in [4.69, 9.17) is 26.6 Å². The van der Waals surface area contributed by atoms with Gasteiger partial charge in [0.05, 0.1) is 22.8 Å². The molecule has 3 aromatic rings. The largest absolute Gasteiger partial charge is 0.457 e. The highest BCUT2D eigenvalue weighted by Gasteiger charge is 2.33. The van der Waals surface area contributed by atoms with E-state index < -0.39 is 47.2 Å². The van der Waals surface area contributed by atoms with Crippen LogP contribution < -0.4 is 20.7 Å². The molecule has 0 bridgehead atoms. The highest BCUT2D eigenvalue weighted by atomic mass is 79.9. The van der Waals surface area contributed by atoms with E-state index in [9.17, 15) is 42.6 Å². The second-order valence-corrected chi connectivity index (χ2v) is 15.7. The number of aliphatic hydroxyl groups is 4. The van der Waals surface area contributed by atoms with E-state index >= 15 is 0 Å². The van der Waals surface area contributed by atoms with Crippen LogP contribution in [0.25, 0.3) is 0 Å². The summed E-state index contributed by atoms with van der Waals surface area (Å²) >= 11 is 18.0. The quantitative estimate of drug-likeness (QED) is 0.0937. The Morgan fingerprint density at radius 3 is 1.70 bits per heavy atom. The molecule has 0 radical (unpaired) electrons. The number of carbonyl (C=O) groups excluding carboxylic acids is 4. The molecule has 5 amide bonds. The van der Waals surface area contributed by atoms with Gasteiger partial charge in [-0.1, -0.05) is 75.3 Å². The molecule has 0 aliphatic carbocycles. The number of carbonyl (C=O) groups is 4. The maximum atomic E-state index is 12.9. The standard InChI is InChI=1S/C21H16ClF3N4O3.C10H16Br2N2O2.C6H12Br2O4/c1-26-19(30)18-11-15(8-9-27-18)32-14-5-2-12(3-6-14)28-20(31)29-13-4-7-17(22)16(10-13)21(23,24)25;11-3-1-9(15)13-5-7-14(8-6-13)10(16)2-4-12;7-1-3(9)5(11)6(12)4(10)2-8/h2-11H,1H3,(H,26,30)(H2,28,29,31);1-8H2;3-6,9-12H,1-2H2. The SMILES string of the molecule is CNC(=O)c1cc(Oc2ccc(NC(=O)Nc3ccc(Cl)c(C(F)(F)F)c3)cc2)ccn1.O=C(CCBr)N1CCN(C(=O)CCBr)CC1.OC(CBr)C(O)C(O)C(O)CBr. The van der Waals surface area contributed by atoms with Gasteiger partial charge in [-0.05, 0) is 48.5 Å². The summed E-state index contributed by atoms with van der Waals surface area (Å²) in [7, 11) is 1.49. The Morgan fingerprint density at radius 1 is 0.767 bits per heavy atom. The van der Waals surface area contributed by atoms with E-state index in [1.54, 1.807) is 30.3 Å². The van der Waals surface area contributed by atoms with Crippen molar-refractivity contribution in [3.05, 3.63) is 77.1 Å². The first-order chi connectivity index (χ1) is 28.4. The Balaban J connectivity index is 0.000000367. The van der Waals surface area contributed by atoms with Crippen molar-refractivity contribution >= 4 is 110 Å². The summed E-state index contributed by atoms with van der Waals surface area (Å²) < 4.78 is 44.5. The molecule has 4 unspecified atom stereocenters. The molecule has 1 aliphatic rings. The van der Waals surface area contributed by atoms with Crippen LogP contribution in [0.5, 0.6) is 11.5 Å². The average molecular weight is 1130 g/mol. The number of piperazine rings is 1. The van der Waals surface area contributed by atoms with E-state index in [2.05, 4.69) is 84.7 Å². The normalized spacial score (nSPS) is 14.5. The van der Waals surface area contributed by atoms with Gasteiger partial charge in [-0.2, -0.15) is 13.2 Å². The van der Waals surface area contributed by atoms with Gasteiger partial charge in [0.15, 0.2) is 0 Å². The number of halogens is 8. The van der Waals surface area contributed by atoms with Gasteiger partial charge in [0, 0.05) is 91.0 Å². The first kappa shape index (κ1) is 53.0. The van der Waals surface area contributed by atoms with Gasteiger partial charge in [-0.3, -0.25) is 19.4 Å². The molecule has 1 fully saturated rings. The topological polar surface area (TPSA) is 214 Å². The minimum absolute atomic E-state index is 0.0659. The number of aliphatic hydroxyl groups excluding tert-OH is 4. The van der Waals surface area contributed by atoms with Crippen LogP contribution in [0.3, 0.4) is 0 Å².